The largest absolute Gasteiger partial charge is 0.495 e. The Hall–Kier alpha value is -1.59. The molecule has 0 fully saturated rings. The van der Waals surface area contributed by atoms with Gasteiger partial charge in [0.05, 0.1) is 19.7 Å². The van der Waals surface area contributed by atoms with Crippen molar-refractivity contribution in [2.24, 2.45) is 0 Å². The molecule has 0 spiro atoms. The lowest BCUT2D eigenvalue weighted by molar-refractivity contribution is -0.115. The second-order valence-corrected chi connectivity index (χ2v) is 5.38. The van der Waals surface area contributed by atoms with Gasteiger partial charge in [-0.15, -0.1) is 0 Å². The lowest BCUT2D eigenvalue weighted by atomic mass is 10.1. The summed E-state index contributed by atoms with van der Waals surface area (Å²) in [5.74, 6) is 0.734. The Morgan fingerprint density at radius 2 is 2.10 bits per heavy atom. The average molecular weight is 356 g/mol. The number of carbonyl (C=O) groups is 1. The van der Waals surface area contributed by atoms with E-state index in [1.807, 2.05) is 24.3 Å². The normalized spacial score (nSPS) is 10.2. The molecule has 2 aromatic rings. The first-order valence-electron chi connectivity index (χ1n) is 5.82. The standard InChI is InChI=1S/C14H12BrClN2O2/c1-20-12-7-13(17-8-11(12)16)18-14(19)6-9-2-4-10(15)5-3-9/h2-5,7-8H,6H2,1H3,(H,17,18,19). The van der Waals surface area contributed by atoms with Crippen molar-refractivity contribution < 1.29 is 9.53 Å². The lowest BCUT2D eigenvalue weighted by Gasteiger charge is -2.07. The Kier molecular flexibility index (Phi) is 4.98. The van der Waals surface area contributed by atoms with Crippen molar-refractivity contribution in [3.63, 3.8) is 0 Å². The van der Waals surface area contributed by atoms with Gasteiger partial charge in [0.1, 0.15) is 16.6 Å². The number of hydrogen-bond donors (Lipinski definition) is 1. The molecule has 4 nitrogen and oxygen atoms in total. The SMILES string of the molecule is COc1cc(NC(=O)Cc2ccc(Br)cc2)ncc1Cl. The van der Waals surface area contributed by atoms with Gasteiger partial charge in [0, 0.05) is 10.5 Å². The van der Waals surface area contributed by atoms with E-state index in [4.69, 9.17) is 16.3 Å². The first kappa shape index (κ1) is 14.8. The Morgan fingerprint density at radius 3 is 2.75 bits per heavy atom. The second-order valence-electron chi connectivity index (χ2n) is 4.06. The number of halogens is 2. The molecule has 104 valence electrons. The fourth-order valence-electron chi connectivity index (χ4n) is 1.62. The molecule has 0 bridgehead atoms. The Labute approximate surface area is 130 Å². The minimum atomic E-state index is -0.149. The smallest absolute Gasteiger partial charge is 0.229 e. The second kappa shape index (κ2) is 6.72. The number of aromatic nitrogens is 1. The number of nitrogens with one attached hydrogen (secondary N) is 1. The van der Waals surface area contributed by atoms with Crippen molar-refractivity contribution in [3.05, 3.63) is 51.6 Å². The van der Waals surface area contributed by atoms with Gasteiger partial charge in [0.2, 0.25) is 5.91 Å². The summed E-state index contributed by atoms with van der Waals surface area (Å²) < 4.78 is 6.05. The number of amides is 1. The summed E-state index contributed by atoms with van der Waals surface area (Å²) in [6, 6.07) is 9.15. The van der Waals surface area contributed by atoms with E-state index in [0.717, 1.165) is 10.0 Å². The predicted molar refractivity (Wildman–Crippen MR) is 82.3 cm³/mol. The minimum Gasteiger partial charge on any atom is -0.495 e. The summed E-state index contributed by atoms with van der Waals surface area (Å²) in [7, 11) is 1.51. The molecule has 0 aliphatic rings. The summed E-state index contributed by atoms with van der Waals surface area (Å²) in [6.45, 7) is 0. The van der Waals surface area contributed by atoms with Crippen molar-refractivity contribution in [2.75, 3.05) is 12.4 Å². The summed E-state index contributed by atoms with van der Waals surface area (Å²) in [5, 5.41) is 3.11. The average Bonchev–Trinajstić information content (AvgIpc) is 2.43. The Morgan fingerprint density at radius 1 is 1.40 bits per heavy atom. The van der Waals surface area contributed by atoms with Gasteiger partial charge in [-0.3, -0.25) is 4.79 Å². The zero-order valence-corrected chi connectivity index (χ0v) is 13.0. The third-order valence-corrected chi connectivity index (χ3v) is 3.40. The van der Waals surface area contributed by atoms with Gasteiger partial charge in [0.15, 0.2) is 0 Å². The molecule has 0 aliphatic carbocycles. The topological polar surface area (TPSA) is 51.2 Å². The van der Waals surface area contributed by atoms with Crippen molar-refractivity contribution in [1.29, 1.82) is 0 Å². The minimum absolute atomic E-state index is 0.149. The van der Waals surface area contributed by atoms with Crippen molar-refractivity contribution in [2.45, 2.75) is 6.42 Å². The van der Waals surface area contributed by atoms with Crippen LogP contribution in [-0.2, 0) is 11.2 Å². The van der Waals surface area contributed by atoms with Crippen LogP contribution in [0.5, 0.6) is 5.75 Å². The van der Waals surface area contributed by atoms with E-state index in [9.17, 15) is 4.79 Å². The molecule has 1 heterocycles. The molecule has 20 heavy (non-hydrogen) atoms. The van der Waals surface area contributed by atoms with Crippen LogP contribution in [0.25, 0.3) is 0 Å². The van der Waals surface area contributed by atoms with Gasteiger partial charge in [-0.05, 0) is 17.7 Å². The zero-order valence-electron chi connectivity index (χ0n) is 10.7. The summed E-state index contributed by atoms with van der Waals surface area (Å²) in [5.41, 5.74) is 0.923. The molecule has 0 saturated carbocycles. The molecule has 0 unspecified atom stereocenters. The van der Waals surface area contributed by atoms with Gasteiger partial charge in [-0.25, -0.2) is 4.98 Å². The van der Waals surface area contributed by atoms with Crippen LogP contribution in [0.4, 0.5) is 5.82 Å². The first-order valence-corrected chi connectivity index (χ1v) is 6.99. The van der Waals surface area contributed by atoms with E-state index >= 15 is 0 Å². The third-order valence-electron chi connectivity index (χ3n) is 2.59. The number of hydrogen-bond acceptors (Lipinski definition) is 3. The molecule has 0 radical (unpaired) electrons. The number of rotatable bonds is 4. The summed E-state index contributed by atoms with van der Waals surface area (Å²) in [4.78, 5) is 15.9. The summed E-state index contributed by atoms with van der Waals surface area (Å²) in [6.07, 6.45) is 1.72. The highest BCUT2D eigenvalue weighted by atomic mass is 79.9. The molecule has 1 amide bonds. The number of nitrogens with zero attached hydrogens (tertiary/aromatic N) is 1. The Balaban J connectivity index is 2.02. The van der Waals surface area contributed by atoms with Crippen molar-refractivity contribution >= 4 is 39.3 Å². The fourth-order valence-corrected chi connectivity index (χ4v) is 2.06. The maximum absolute atomic E-state index is 11.9. The molecular formula is C14H12BrClN2O2. The monoisotopic (exact) mass is 354 g/mol. The van der Waals surface area contributed by atoms with Crippen LogP contribution in [0.3, 0.4) is 0 Å². The maximum Gasteiger partial charge on any atom is 0.229 e. The van der Waals surface area contributed by atoms with E-state index in [2.05, 4.69) is 26.2 Å². The van der Waals surface area contributed by atoms with Crippen LogP contribution in [0.2, 0.25) is 5.02 Å². The predicted octanol–water partition coefficient (Wildman–Crippen LogP) is 3.69. The van der Waals surface area contributed by atoms with Gasteiger partial charge in [-0.2, -0.15) is 0 Å². The van der Waals surface area contributed by atoms with Crippen LogP contribution in [0, 0.1) is 0 Å². The lowest BCUT2D eigenvalue weighted by Crippen LogP contribution is -2.15. The highest BCUT2D eigenvalue weighted by molar-refractivity contribution is 9.10. The van der Waals surface area contributed by atoms with Gasteiger partial charge in [0.25, 0.3) is 0 Å². The molecule has 6 heteroatoms. The molecule has 1 aromatic carbocycles. The number of methoxy groups -OCH3 is 1. The van der Waals surface area contributed by atoms with Crippen LogP contribution < -0.4 is 10.1 Å². The third kappa shape index (κ3) is 3.95. The number of benzene rings is 1. The highest BCUT2D eigenvalue weighted by Crippen LogP contribution is 2.25. The van der Waals surface area contributed by atoms with Crippen molar-refractivity contribution in [3.8, 4) is 5.75 Å². The van der Waals surface area contributed by atoms with E-state index in [-0.39, 0.29) is 12.3 Å². The molecule has 0 saturated heterocycles. The molecule has 0 aliphatic heterocycles. The Bertz CT molecular complexity index is 617. The quantitative estimate of drug-likeness (QED) is 0.910. The molecule has 2 rings (SSSR count). The molecular weight excluding hydrogens is 344 g/mol. The number of pyridine rings is 1. The highest BCUT2D eigenvalue weighted by Gasteiger charge is 2.08. The van der Waals surface area contributed by atoms with Crippen LogP contribution in [0.1, 0.15) is 5.56 Å². The van der Waals surface area contributed by atoms with Crippen molar-refractivity contribution in [1.82, 2.24) is 4.98 Å². The molecule has 1 N–H and O–H groups in total. The van der Waals surface area contributed by atoms with Crippen LogP contribution in [0.15, 0.2) is 41.0 Å². The van der Waals surface area contributed by atoms with E-state index in [0.29, 0.717) is 16.6 Å². The van der Waals surface area contributed by atoms with Crippen LogP contribution >= 0.6 is 27.5 Å². The van der Waals surface area contributed by atoms with E-state index in [1.165, 1.54) is 13.3 Å². The fraction of sp³-hybridized carbons (Fsp3) is 0.143. The van der Waals surface area contributed by atoms with Gasteiger partial charge in [-0.1, -0.05) is 39.7 Å². The number of carbonyl (C=O) groups excluding carboxylic acids is 1. The number of ether oxygens (including phenoxy) is 1. The molecule has 1 aromatic heterocycles. The molecule has 0 atom stereocenters. The maximum atomic E-state index is 11.9. The summed E-state index contributed by atoms with van der Waals surface area (Å²) >= 11 is 9.22. The van der Waals surface area contributed by atoms with Gasteiger partial charge >= 0.3 is 0 Å². The van der Waals surface area contributed by atoms with E-state index in [1.54, 1.807) is 6.07 Å². The van der Waals surface area contributed by atoms with E-state index < -0.39 is 0 Å². The van der Waals surface area contributed by atoms with Crippen LogP contribution in [-0.4, -0.2) is 18.0 Å². The first-order chi connectivity index (χ1) is 9.58. The number of anilines is 1. The van der Waals surface area contributed by atoms with Gasteiger partial charge < -0.3 is 10.1 Å². The zero-order chi connectivity index (χ0) is 14.5.